The van der Waals surface area contributed by atoms with E-state index in [1.807, 2.05) is 30.1 Å². The number of aryl methyl sites for hydroxylation is 1. The number of aliphatic hydroxyl groups excluding tert-OH is 1. The maximum atomic E-state index is 12.1. The summed E-state index contributed by atoms with van der Waals surface area (Å²) in [4.78, 5) is 14.0. The molecule has 0 fully saturated rings. The van der Waals surface area contributed by atoms with E-state index in [0.29, 0.717) is 18.9 Å². The molecule has 1 N–H and O–H groups in total. The molecule has 3 rings (SSSR count). The van der Waals surface area contributed by atoms with E-state index in [0.717, 1.165) is 47.9 Å². The van der Waals surface area contributed by atoms with Crippen molar-refractivity contribution in [1.82, 2.24) is 4.90 Å². The number of fused-ring (bicyclic) bond motifs is 3. The van der Waals surface area contributed by atoms with Gasteiger partial charge in [-0.15, -0.1) is 0 Å². The highest BCUT2D eigenvalue weighted by molar-refractivity contribution is 5.87. The van der Waals surface area contributed by atoms with E-state index >= 15 is 0 Å². The van der Waals surface area contributed by atoms with Crippen molar-refractivity contribution in [3.63, 3.8) is 0 Å². The summed E-state index contributed by atoms with van der Waals surface area (Å²) in [5, 5.41) is 10.4. The van der Waals surface area contributed by atoms with Crippen molar-refractivity contribution < 1.29 is 14.3 Å². The minimum absolute atomic E-state index is 0.212. The van der Waals surface area contributed by atoms with Crippen molar-refractivity contribution in [2.45, 2.75) is 38.7 Å². The fourth-order valence-corrected chi connectivity index (χ4v) is 3.27. The Kier molecular flexibility index (Phi) is 4.68. The van der Waals surface area contributed by atoms with Gasteiger partial charge in [0.1, 0.15) is 18.1 Å². The summed E-state index contributed by atoms with van der Waals surface area (Å²) in [6, 6.07) is 5.57. The largest absolute Gasteiger partial charge is 0.477 e. The number of ether oxygens (including phenoxy) is 1. The SMILES string of the molecule is CC(O)CN(C)COc1cccc2oc(=O)c3c(c12)CCCC3. The van der Waals surface area contributed by atoms with Crippen LogP contribution in [0.5, 0.6) is 5.75 Å². The maximum Gasteiger partial charge on any atom is 0.339 e. The van der Waals surface area contributed by atoms with E-state index < -0.39 is 6.10 Å². The Hall–Kier alpha value is -1.85. The molecule has 1 heterocycles. The van der Waals surface area contributed by atoms with Gasteiger partial charge in [-0.3, -0.25) is 4.90 Å². The van der Waals surface area contributed by atoms with E-state index in [2.05, 4.69) is 0 Å². The molecule has 0 amide bonds. The van der Waals surface area contributed by atoms with Gasteiger partial charge >= 0.3 is 5.63 Å². The minimum Gasteiger partial charge on any atom is -0.477 e. The second-order valence-corrected chi connectivity index (χ2v) is 6.34. The molecule has 1 aliphatic rings. The van der Waals surface area contributed by atoms with Gasteiger partial charge in [-0.25, -0.2) is 4.79 Å². The number of rotatable bonds is 5. The van der Waals surface area contributed by atoms with E-state index in [1.54, 1.807) is 6.92 Å². The van der Waals surface area contributed by atoms with Crippen LogP contribution in [0, 0.1) is 0 Å². The summed E-state index contributed by atoms with van der Waals surface area (Å²) in [5.74, 6) is 0.738. The molecule has 1 atom stereocenters. The molecule has 0 spiro atoms. The topological polar surface area (TPSA) is 62.9 Å². The van der Waals surface area contributed by atoms with Gasteiger partial charge in [0, 0.05) is 12.1 Å². The molecule has 0 saturated heterocycles. The van der Waals surface area contributed by atoms with Gasteiger partial charge in [0.25, 0.3) is 0 Å². The van der Waals surface area contributed by atoms with E-state index in [-0.39, 0.29) is 5.63 Å². The number of hydrogen-bond donors (Lipinski definition) is 1. The van der Waals surface area contributed by atoms with Gasteiger partial charge in [-0.2, -0.15) is 0 Å². The fourth-order valence-electron chi connectivity index (χ4n) is 3.27. The Morgan fingerprint density at radius 2 is 2.04 bits per heavy atom. The summed E-state index contributed by atoms with van der Waals surface area (Å²) in [6.07, 6.45) is 3.39. The first-order chi connectivity index (χ1) is 11.1. The Morgan fingerprint density at radius 3 is 2.78 bits per heavy atom. The van der Waals surface area contributed by atoms with Gasteiger partial charge in [-0.1, -0.05) is 6.07 Å². The quantitative estimate of drug-likeness (QED) is 0.677. The fraction of sp³-hybridized carbons (Fsp3) is 0.500. The lowest BCUT2D eigenvalue weighted by Crippen LogP contribution is -2.30. The Morgan fingerprint density at radius 1 is 1.30 bits per heavy atom. The highest BCUT2D eigenvalue weighted by Gasteiger charge is 2.20. The average molecular weight is 317 g/mol. The summed E-state index contributed by atoms with van der Waals surface area (Å²) in [6.45, 7) is 2.66. The summed E-state index contributed by atoms with van der Waals surface area (Å²) >= 11 is 0. The van der Waals surface area contributed by atoms with Crippen molar-refractivity contribution in [2.75, 3.05) is 20.3 Å². The lowest BCUT2D eigenvalue weighted by molar-refractivity contribution is 0.0903. The van der Waals surface area contributed by atoms with E-state index in [9.17, 15) is 9.90 Å². The molecule has 1 aromatic heterocycles. The van der Waals surface area contributed by atoms with Gasteiger partial charge in [0.15, 0.2) is 0 Å². The number of benzene rings is 1. The number of likely N-dealkylation sites (N-methyl/N-ethyl adjacent to an activating group) is 1. The second kappa shape index (κ2) is 6.72. The van der Waals surface area contributed by atoms with Crippen molar-refractivity contribution in [2.24, 2.45) is 0 Å². The summed E-state index contributed by atoms with van der Waals surface area (Å²) in [5.41, 5.74) is 2.26. The van der Waals surface area contributed by atoms with Crippen LogP contribution in [-0.4, -0.2) is 36.4 Å². The van der Waals surface area contributed by atoms with E-state index in [4.69, 9.17) is 9.15 Å². The summed E-state index contributed by atoms with van der Waals surface area (Å²) in [7, 11) is 1.90. The first-order valence-corrected chi connectivity index (χ1v) is 8.13. The van der Waals surface area contributed by atoms with Gasteiger partial charge in [0.05, 0.1) is 11.5 Å². The smallest absolute Gasteiger partial charge is 0.339 e. The molecule has 1 unspecified atom stereocenters. The predicted molar refractivity (Wildman–Crippen MR) is 88.9 cm³/mol. The van der Waals surface area contributed by atoms with Crippen LogP contribution in [-0.2, 0) is 12.8 Å². The predicted octanol–water partition coefficient (Wildman–Crippen LogP) is 2.32. The van der Waals surface area contributed by atoms with Crippen LogP contribution in [0.4, 0.5) is 0 Å². The third-order valence-corrected chi connectivity index (χ3v) is 4.22. The maximum absolute atomic E-state index is 12.1. The molecular weight excluding hydrogens is 294 g/mol. The van der Waals surface area contributed by atoms with Crippen LogP contribution in [0.3, 0.4) is 0 Å². The van der Waals surface area contributed by atoms with Gasteiger partial charge in [-0.05, 0) is 57.4 Å². The highest BCUT2D eigenvalue weighted by atomic mass is 16.5. The molecule has 5 nitrogen and oxygen atoms in total. The lowest BCUT2D eigenvalue weighted by Gasteiger charge is -2.21. The van der Waals surface area contributed by atoms with Crippen LogP contribution in [0.1, 0.15) is 30.9 Å². The van der Waals surface area contributed by atoms with E-state index in [1.165, 1.54) is 0 Å². The average Bonchev–Trinajstić information content (AvgIpc) is 2.52. The summed E-state index contributed by atoms with van der Waals surface area (Å²) < 4.78 is 11.4. The molecular formula is C18H23NO4. The monoisotopic (exact) mass is 317 g/mol. The van der Waals surface area contributed by atoms with Crippen LogP contribution in [0.2, 0.25) is 0 Å². The number of hydrogen-bond acceptors (Lipinski definition) is 5. The minimum atomic E-state index is -0.401. The van der Waals surface area contributed by atoms with Crippen molar-refractivity contribution in [1.29, 1.82) is 0 Å². The third kappa shape index (κ3) is 3.41. The molecule has 5 heteroatoms. The second-order valence-electron chi connectivity index (χ2n) is 6.34. The zero-order valence-corrected chi connectivity index (χ0v) is 13.7. The lowest BCUT2D eigenvalue weighted by atomic mass is 9.90. The first kappa shape index (κ1) is 16.0. The zero-order chi connectivity index (χ0) is 16.4. The van der Waals surface area contributed by atoms with Crippen molar-refractivity contribution >= 4 is 11.0 Å². The Labute approximate surface area is 135 Å². The molecule has 2 aromatic rings. The zero-order valence-electron chi connectivity index (χ0n) is 13.7. The highest BCUT2D eigenvalue weighted by Crippen LogP contribution is 2.33. The molecule has 0 radical (unpaired) electrons. The van der Waals surface area contributed by atoms with Crippen LogP contribution < -0.4 is 10.4 Å². The molecule has 0 bridgehead atoms. The first-order valence-electron chi connectivity index (χ1n) is 8.13. The molecule has 1 aliphatic carbocycles. The van der Waals surface area contributed by atoms with Gasteiger partial charge in [0.2, 0.25) is 0 Å². The van der Waals surface area contributed by atoms with Crippen molar-refractivity contribution in [3.8, 4) is 5.75 Å². The Balaban J connectivity index is 1.96. The standard InChI is InChI=1S/C18H23NO4/c1-12(20)10-19(2)11-22-15-8-5-9-16-17(15)13-6-3-4-7-14(13)18(21)23-16/h5,8-9,12,20H,3-4,6-7,10-11H2,1-2H3. The number of aliphatic hydroxyl groups is 1. The molecule has 124 valence electrons. The third-order valence-electron chi connectivity index (χ3n) is 4.22. The molecule has 1 aromatic carbocycles. The van der Waals surface area contributed by atoms with Crippen LogP contribution >= 0.6 is 0 Å². The molecule has 0 saturated carbocycles. The molecule has 23 heavy (non-hydrogen) atoms. The normalized spacial score (nSPS) is 15.7. The van der Waals surface area contributed by atoms with Crippen LogP contribution in [0.15, 0.2) is 27.4 Å². The Bertz CT molecular complexity index is 751. The molecule has 0 aliphatic heterocycles. The van der Waals surface area contributed by atoms with Crippen LogP contribution in [0.25, 0.3) is 11.0 Å². The number of nitrogens with zero attached hydrogens (tertiary/aromatic N) is 1. The van der Waals surface area contributed by atoms with Gasteiger partial charge < -0.3 is 14.3 Å². The van der Waals surface area contributed by atoms with Crippen molar-refractivity contribution in [3.05, 3.63) is 39.7 Å².